The molecule has 0 spiro atoms. The lowest BCUT2D eigenvalue weighted by Gasteiger charge is -2.32. The predicted octanol–water partition coefficient (Wildman–Crippen LogP) is 4.32. The van der Waals surface area contributed by atoms with Gasteiger partial charge in [0.25, 0.3) is 5.91 Å². The Morgan fingerprint density at radius 1 is 1.15 bits per heavy atom. The highest BCUT2D eigenvalue weighted by Crippen LogP contribution is 2.27. The van der Waals surface area contributed by atoms with Crippen LogP contribution in [0.15, 0.2) is 30.6 Å². The van der Waals surface area contributed by atoms with Crippen LogP contribution in [0.3, 0.4) is 0 Å². The molecule has 182 valence electrons. The molecule has 0 unspecified atom stereocenters. The van der Waals surface area contributed by atoms with Crippen LogP contribution in [-0.4, -0.2) is 56.5 Å². The van der Waals surface area contributed by atoms with Gasteiger partial charge in [-0.05, 0) is 66.9 Å². The molecule has 3 aromatic rings. The van der Waals surface area contributed by atoms with E-state index in [0.717, 1.165) is 12.0 Å². The molecule has 10 heteroatoms. The number of hydrogen-bond donors (Lipinski definition) is 2. The van der Waals surface area contributed by atoms with Crippen molar-refractivity contribution in [1.82, 2.24) is 29.7 Å². The predicted molar refractivity (Wildman–Crippen MR) is 128 cm³/mol. The maximum atomic E-state index is 14.7. The molecule has 8 nitrogen and oxygen atoms in total. The van der Waals surface area contributed by atoms with Crippen LogP contribution in [0.2, 0.25) is 0 Å². The number of aryl methyl sites for hydroxylation is 1. The summed E-state index contributed by atoms with van der Waals surface area (Å²) in [7, 11) is 3.82. The second-order valence-electron chi connectivity index (χ2n) is 9.25. The van der Waals surface area contributed by atoms with Gasteiger partial charge < -0.3 is 20.1 Å². The van der Waals surface area contributed by atoms with Crippen molar-refractivity contribution < 1.29 is 13.6 Å². The van der Waals surface area contributed by atoms with Crippen molar-refractivity contribution >= 4 is 17.5 Å². The number of imidazole rings is 1. The SMILES string of the molecule is Cc1ncc(-c2nc(Nc3ccc(C(=O)NCC(C)(C)N(C)C)c(F)c3)ncc2F)n1C(C)C. The van der Waals surface area contributed by atoms with E-state index in [9.17, 15) is 13.6 Å². The minimum Gasteiger partial charge on any atom is -0.350 e. The highest BCUT2D eigenvalue weighted by molar-refractivity contribution is 5.95. The summed E-state index contributed by atoms with van der Waals surface area (Å²) in [5, 5.41) is 5.64. The molecule has 2 aromatic heterocycles. The smallest absolute Gasteiger partial charge is 0.254 e. The number of amides is 1. The number of aromatic nitrogens is 4. The van der Waals surface area contributed by atoms with Gasteiger partial charge in [-0.2, -0.15) is 0 Å². The molecule has 2 N–H and O–H groups in total. The van der Waals surface area contributed by atoms with Gasteiger partial charge in [0, 0.05) is 23.8 Å². The first-order valence-electron chi connectivity index (χ1n) is 11.0. The number of carbonyl (C=O) groups is 1. The first kappa shape index (κ1) is 25.2. The van der Waals surface area contributed by atoms with Gasteiger partial charge in [-0.15, -0.1) is 0 Å². The van der Waals surface area contributed by atoms with Crippen molar-refractivity contribution in [1.29, 1.82) is 0 Å². The third kappa shape index (κ3) is 5.39. The first-order chi connectivity index (χ1) is 15.9. The van der Waals surface area contributed by atoms with E-state index >= 15 is 0 Å². The standard InChI is InChI=1S/C24H31F2N7O/c1-14(2)33-15(3)27-12-20(33)21-19(26)11-28-23(31-21)30-16-8-9-17(18(25)10-16)22(34)29-13-24(4,5)32(6)7/h8-12,14H,13H2,1-7H3,(H,29,34)(H,28,30,31). The molecule has 0 bridgehead atoms. The van der Waals surface area contributed by atoms with Gasteiger partial charge >= 0.3 is 0 Å². The highest BCUT2D eigenvalue weighted by Gasteiger charge is 2.23. The second-order valence-corrected chi connectivity index (χ2v) is 9.25. The number of likely N-dealkylation sites (N-methyl/N-ethyl adjacent to an activating group) is 1. The summed E-state index contributed by atoms with van der Waals surface area (Å²) in [5.74, 6) is -0.957. The molecule has 0 fully saturated rings. The highest BCUT2D eigenvalue weighted by atomic mass is 19.1. The fourth-order valence-electron chi connectivity index (χ4n) is 3.34. The van der Waals surface area contributed by atoms with Crippen molar-refractivity contribution in [3.05, 3.63) is 53.6 Å². The molecule has 1 aromatic carbocycles. The molecular formula is C24H31F2N7O. The van der Waals surface area contributed by atoms with Crippen LogP contribution >= 0.6 is 0 Å². The van der Waals surface area contributed by atoms with E-state index in [4.69, 9.17) is 0 Å². The monoisotopic (exact) mass is 471 g/mol. The van der Waals surface area contributed by atoms with Crippen molar-refractivity contribution in [2.24, 2.45) is 0 Å². The van der Waals surface area contributed by atoms with E-state index in [2.05, 4.69) is 25.6 Å². The Balaban J connectivity index is 1.80. The maximum absolute atomic E-state index is 14.7. The number of hydrogen-bond acceptors (Lipinski definition) is 6. The van der Waals surface area contributed by atoms with Crippen LogP contribution in [0.25, 0.3) is 11.4 Å². The summed E-state index contributed by atoms with van der Waals surface area (Å²) in [6.07, 6.45) is 2.62. The van der Waals surface area contributed by atoms with Gasteiger partial charge in [-0.1, -0.05) is 0 Å². The average molecular weight is 472 g/mol. The van der Waals surface area contributed by atoms with Crippen molar-refractivity contribution in [3.63, 3.8) is 0 Å². The number of nitrogens with one attached hydrogen (secondary N) is 2. The number of anilines is 2. The Hall–Kier alpha value is -3.40. The lowest BCUT2D eigenvalue weighted by Crippen LogP contribution is -2.48. The summed E-state index contributed by atoms with van der Waals surface area (Å²) in [4.78, 5) is 27.0. The summed E-state index contributed by atoms with van der Waals surface area (Å²) in [5.41, 5.74) is 0.585. The molecule has 0 saturated heterocycles. The quantitative estimate of drug-likeness (QED) is 0.509. The Labute approximate surface area is 198 Å². The Kier molecular flexibility index (Phi) is 7.30. The lowest BCUT2D eigenvalue weighted by atomic mass is 10.0. The molecule has 0 saturated carbocycles. The van der Waals surface area contributed by atoms with Crippen LogP contribution in [-0.2, 0) is 0 Å². The largest absolute Gasteiger partial charge is 0.350 e. The van der Waals surface area contributed by atoms with Crippen molar-refractivity contribution in [2.75, 3.05) is 26.0 Å². The van der Waals surface area contributed by atoms with E-state index in [1.54, 1.807) is 12.3 Å². The zero-order valence-electron chi connectivity index (χ0n) is 20.6. The van der Waals surface area contributed by atoms with Crippen LogP contribution in [0.5, 0.6) is 0 Å². The number of benzene rings is 1. The Bertz CT molecular complexity index is 1190. The summed E-state index contributed by atoms with van der Waals surface area (Å²) in [6.45, 7) is 10.1. The number of rotatable bonds is 8. The molecule has 34 heavy (non-hydrogen) atoms. The van der Waals surface area contributed by atoms with E-state index in [1.807, 2.05) is 58.2 Å². The van der Waals surface area contributed by atoms with E-state index in [0.29, 0.717) is 17.9 Å². The van der Waals surface area contributed by atoms with Crippen LogP contribution in [0.1, 0.15) is 49.9 Å². The minimum absolute atomic E-state index is 0.0550. The van der Waals surface area contributed by atoms with Gasteiger partial charge in [0.1, 0.15) is 17.3 Å². The molecule has 0 aliphatic rings. The zero-order chi connectivity index (χ0) is 25.2. The Morgan fingerprint density at radius 2 is 1.85 bits per heavy atom. The molecule has 0 radical (unpaired) electrons. The topological polar surface area (TPSA) is 88.0 Å². The van der Waals surface area contributed by atoms with Crippen LogP contribution in [0.4, 0.5) is 20.4 Å². The molecule has 2 heterocycles. The Morgan fingerprint density at radius 3 is 2.47 bits per heavy atom. The van der Waals surface area contributed by atoms with Crippen molar-refractivity contribution in [3.8, 4) is 11.4 Å². The molecule has 1 amide bonds. The lowest BCUT2D eigenvalue weighted by molar-refractivity contribution is 0.0915. The van der Waals surface area contributed by atoms with Gasteiger partial charge in [0.2, 0.25) is 5.95 Å². The van der Waals surface area contributed by atoms with Gasteiger partial charge in [-0.25, -0.2) is 23.7 Å². The van der Waals surface area contributed by atoms with Gasteiger partial charge in [-0.3, -0.25) is 4.79 Å². The average Bonchev–Trinajstić information content (AvgIpc) is 3.15. The first-order valence-corrected chi connectivity index (χ1v) is 11.0. The molecule has 0 aliphatic carbocycles. The normalized spacial score (nSPS) is 11.9. The van der Waals surface area contributed by atoms with Crippen LogP contribution in [0, 0.1) is 18.6 Å². The number of halogens is 2. The van der Waals surface area contributed by atoms with E-state index < -0.39 is 17.5 Å². The summed E-state index contributed by atoms with van der Waals surface area (Å²) >= 11 is 0. The number of nitrogens with zero attached hydrogens (tertiary/aromatic N) is 5. The second kappa shape index (κ2) is 9.84. The van der Waals surface area contributed by atoms with Gasteiger partial charge in [0.15, 0.2) is 5.82 Å². The van der Waals surface area contributed by atoms with E-state index in [-0.39, 0.29) is 28.8 Å². The minimum atomic E-state index is -0.694. The van der Waals surface area contributed by atoms with Crippen LogP contribution < -0.4 is 10.6 Å². The zero-order valence-corrected chi connectivity index (χ0v) is 20.6. The third-order valence-corrected chi connectivity index (χ3v) is 5.85. The molecular weight excluding hydrogens is 440 g/mol. The summed E-state index contributed by atoms with van der Waals surface area (Å²) < 4.78 is 31.1. The molecule has 0 atom stereocenters. The maximum Gasteiger partial charge on any atom is 0.254 e. The van der Waals surface area contributed by atoms with E-state index in [1.165, 1.54) is 12.1 Å². The fraction of sp³-hybridized carbons (Fsp3) is 0.417. The fourth-order valence-corrected chi connectivity index (χ4v) is 3.34. The van der Waals surface area contributed by atoms with Crippen molar-refractivity contribution in [2.45, 2.75) is 46.2 Å². The summed E-state index contributed by atoms with van der Waals surface area (Å²) in [6, 6.07) is 4.17. The third-order valence-electron chi connectivity index (χ3n) is 5.85. The molecule has 3 rings (SSSR count). The number of carbonyl (C=O) groups excluding carboxylic acids is 1. The van der Waals surface area contributed by atoms with Gasteiger partial charge in [0.05, 0.1) is 23.7 Å². The molecule has 0 aliphatic heterocycles.